The first-order valence-corrected chi connectivity index (χ1v) is 7.15. The normalized spacial score (nSPS) is 19.1. The van der Waals surface area contributed by atoms with Crippen LogP contribution in [0.3, 0.4) is 0 Å². The first-order valence-electron chi connectivity index (χ1n) is 6.36. The van der Waals surface area contributed by atoms with Crippen LogP contribution in [0.2, 0.25) is 0 Å². The average molecular weight is 329 g/mol. The highest BCUT2D eigenvalue weighted by Gasteiger charge is 2.25. The van der Waals surface area contributed by atoms with Crippen LogP contribution in [0.1, 0.15) is 19.8 Å². The Morgan fingerprint density at radius 3 is 3.00 bits per heavy atom. The van der Waals surface area contributed by atoms with Crippen LogP contribution >= 0.6 is 15.9 Å². The van der Waals surface area contributed by atoms with Gasteiger partial charge >= 0.3 is 12.0 Å². The number of hydrogen-bond donors (Lipinski definition) is 1. The second kappa shape index (κ2) is 6.70. The summed E-state index contributed by atoms with van der Waals surface area (Å²) in [5, 5.41) is 2.80. The molecule has 104 valence electrons. The SMILES string of the molecule is CCNC(=O)N1CCCC(Oc2ncc(Br)cn2)C1. The summed E-state index contributed by atoms with van der Waals surface area (Å²) in [7, 11) is 0. The number of nitrogens with zero attached hydrogens (tertiary/aromatic N) is 3. The molecule has 1 aliphatic heterocycles. The fourth-order valence-corrected chi connectivity index (χ4v) is 2.20. The predicted molar refractivity (Wildman–Crippen MR) is 74.0 cm³/mol. The van der Waals surface area contributed by atoms with Crippen LogP contribution in [-0.2, 0) is 0 Å². The second-order valence-electron chi connectivity index (χ2n) is 4.35. The molecule has 1 aliphatic rings. The van der Waals surface area contributed by atoms with E-state index in [4.69, 9.17) is 4.74 Å². The first-order chi connectivity index (χ1) is 9.19. The number of ether oxygens (including phenoxy) is 1. The lowest BCUT2D eigenvalue weighted by Crippen LogP contribution is -2.48. The predicted octanol–water partition coefficient (Wildman–Crippen LogP) is 1.81. The number of rotatable bonds is 3. The van der Waals surface area contributed by atoms with Gasteiger partial charge in [-0.05, 0) is 35.7 Å². The van der Waals surface area contributed by atoms with Crippen LogP contribution in [0.5, 0.6) is 6.01 Å². The zero-order valence-corrected chi connectivity index (χ0v) is 12.4. The summed E-state index contributed by atoms with van der Waals surface area (Å²) < 4.78 is 6.52. The number of carbonyl (C=O) groups excluding carboxylic acids is 1. The van der Waals surface area contributed by atoms with E-state index in [0.29, 0.717) is 19.1 Å². The minimum absolute atomic E-state index is 0.0347. The molecule has 0 aromatic carbocycles. The van der Waals surface area contributed by atoms with Crippen molar-refractivity contribution >= 4 is 22.0 Å². The summed E-state index contributed by atoms with van der Waals surface area (Å²) in [5.74, 6) is 0. The molecule has 1 atom stereocenters. The molecule has 0 radical (unpaired) electrons. The van der Waals surface area contributed by atoms with Crippen molar-refractivity contribution in [1.82, 2.24) is 20.2 Å². The lowest BCUT2D eigenvalue weighted by atomic mass is 10.1. The maximum Gasteiger partial charge on any atom is 0.317 e. The van der Waals surface area contributed by atoms with Gasteiger partial charge in [-0.2, -0.15) is 0 Å². The smallest absolute Gasteiger partial charge is 0.317 e. The molecule has 2 heterocycles. The molecule has 0 aliphatic carbocycles. The number of hydrogen-bond acceptors (Lipinski definition) is 4. The van der Waals surface area contributed by atoms with E-state index in [1.165, 1.54) is 0 Å². The van der Waals surface area contributed by atoms with Gasteiger partial charge < -0.3 is 15.0 Å². The molecular weight excluding hydrogens is 312 g/mol. The van der Waals surface area contributed by atoms with Crippen molar-refractivity contribution in [2.45, 2.75) is 25.9 Å². The van der Waals surface area contributed by atoms with Gasteiger partial charge in [-0.25, -0.2) is 14.8 Å². The lowest BCUT2D eigenvalue weighted by Gasteiger charge is -2.32. The van der Waals surface area contributed by atoms with Crippen LogP contribution in [0.4, 0.5) is 4.79 Å². The molecule has 1 fully saturated rings. The van der Waals surface area contributed by atoms with Gasteiger partial charge in [-0.15, -0.1) is 0 Å². The Morgan fingerprint density at radius 1 is 1.58 bits per heavy atom. The fourth-order valence-electron chi connectivity index (χ4n) is 1.99. The zero-order valence-electron chi connectivity index (χ0n) is 10.8. The van der Waals surface area contributed by atoms with E-state index in [0.717, 1.165) is 23.9 Å². The summed E-state index contributed by atoms with van der Waals surface area (Å²) in [6.45, 7) is 3.89. The number of likely N-dealkylation sites (tertiary alicyclic amines) is 1. The number of aromatic nitrogens is 2. The number of nitrogens with one attached hydrogen (secondary N) is 1. The monoisotopic (exact) mass is 328 g/mol. The maximum absolute atomic E-state index is 11.8. The zero-order chi connectivity index (χ0) is 13.7. The Kier molecular flexibility index (Phi) is 4.95. The van der Waals surface area contributed by atoms with Gasteiger partial charge in [-0.3, -0.25) is 0 Å². The summed E-state index contributed by atoms with van der Waals surface area (Å²) in [6.07, 6.45) is 5.09. The molecule has 1 aromatic rings. The van der Waals surface area contributed by atoms with E-state index < -0.39 is 0 Å². The van der Waals surface area contributed by atoms with Gasteiger partial charge in [0.2, 0.25) is 0 Å². The van der Waals surface area contributed by atoms with Crippen molar-refractivity contribution in [3.8, 4) is 6.01 Å². The minimum Gasteiger partial charge on any atom is -0.458 e. The third-order valence-electron chi connectivity index (χ3n) is 2.86. The Hall–Kier alpha value is -1.37. The molecule has 0 bridgehead atoms. The average Bonchev–Trinajstić information content (AvgIpc) is 2.42. The van der Waals surface area contributed by atoms with Gasteiger partial charge in [-0.1, -0.05) is 0 Å². The molecule has 1 unspecified atom stereocenters. The highest BCUT2D eigenvalue weighted by molar-refractivity contribution is 9.10. The van der Waals surface area contributed by atoms with Gasteiger partial charge in [0.25, 0.3) is 0 Å². The Morgan fingerprint density at radius 2 is 2.32 bits per heavy atom. The Balaban J connectivity index is 1.90. The van der Waals surface area contributed by atoms with Crippen molar-refractivity contribution in [2.24, 2.45) is 0 Å². The van der Waals surface area contributed by atoms with E-state index >= 15 is 0 Å². The largest absolute Gasteiger partial charge is 0.458 e. The number of amides is 2. The van der Waals surface area contributed by atoms with Crippen LogP contribution < -0.4 is 10.1 Å². The summed E-state index contributed by atoms with van der Waals surface area (Å²) >= 11 is 3.27. The molecule has 7 heteroatoms. The van der Waals surface area contributed by atoms with Crippen molar-refractivity contribution < 1.29 is 9.53 Å². The van der Waals surface area contributed by atoms with Gasteiger partial charge in [0.05, 0.1) is 11.0 Å². The van der Waals surface area contributed by atoms with Crippen LogP contribution in [0, 0.1) is 0 Å². The van der Waals surface area contributed by atoms with E-state index in [1.54, 1.807) is 17.3 Å². The minimum atomic E-state index is -0.0440. The lowest BCUT2D eigenvalue weighted by molar-refractivity contribution is 0.0941. The van der Waals surface area contributed by atoms with E-state index in [-0.39, 0.29) is 12.1 Å². The van der Waals surface area contributed by atoms with Crippen LogP contribution in [0.15, 0.2) is 16.9 Å². The quantitative estimate of drug-likeness (QED) is 0.918. The molecule has 1 saturated heterocycles. The first kappa shape index (κ1) is 14.0. The highest BCUT2D eigenvalue weighted by atomic mass is 79.9. The molecule has 1 N–H and O–H groups in total. The highest BCUT2D eigenvalue weighted by Crippen LogP contribution is 2.16. The van der Waals surface area contributed by atoms with Gasteiger partial charge in [0, 0.05) is 25.5 Å². The number of carbonyl (C=O) groups is 1. The third-order valence-corrected chi connectivity index (χ3v) is 3.27. The summed E-state index contributed by atoms with van der Waals surface area (Å²) in [5.41, 5.74) is 0. The van der Waals surface area contributed by atoms with Gasteiger partial charge in [0.15, 0.2) is 0 Å². The Labute approximate surface area is 120 Å². The molecule has 6 nitrogen and oxygen atoms in total. The standard InChI is InChI=1S/C12H17BrN4O2/c1-2-14-12(18)17-5-3-4-10(8-17)19-11-15-6-9(13)7-16-11/h6-7,10H,2-5,8H2,1H3,(H,14,18). The van der Waals surface area contributed by atoms with Crippen molar-refractivity contribution in [3.63, 3.8) is 0 Å². The third kappa shape index (κ3) is 4.05. The number of halogens is 1. The molecule has 2 rings (SSSR count). The van der Waals surface area contributed by atoms with Gasteiger partial charge in [0.1, 0.15) is 6.10 Å². The van der Waals surface area contributed by atoms with E-state index in [9.17, 15) is 4.79 Å². The topological polar surface area (TPSA) is 67.4 Å². The second-order valence-corrected chi connectivity index (χ2v) is 5.26. The van der Waals surface area contributed by atoms with Crippen LogP contribution in [0.25, 0.3) is 0 Å². The van der Waals surface area contributed by atoms with Crippen molar-refractivity contribution in [3.05, 3.63) is 16.9 Å². The van der Waals surface area contributed by atoms with Crippen molar-refractivity contribution in [1.29, 1.82) is 0 Å². The van der Waals surface area contributed by atoms with E-state index in [2.05, 4.69) is 31.2 Å². The van der Waals surface area contributed by atoms with E-state index in [1.807, 2.05) is 6.92 Å². The molecule has 1 aromatic heterocycles. The molecule has 19 heavy (non-hydrogen) atoms. The van der Waals surface area contributed by atoms with Crippen molar-refractivity contribution in [2.75, 3.05) is 19.6 Å². The summed E-state index contributed by atoms with van der Waals surface area (Å²) in [4.78, 5) is 21.7. The number of piperidine rings is 1. The fraction of sp³-hybridized carbons (Fsp3) is 0.583. The van der Waals surface area contributed by atoms with Crippen LogP contribution in [-0.4, -0.2) is 46.6 Å². The maximum atomic E-state index is 11.8. The molecule has 2 amide bonds. The summed E-state index contributed by atoms with van der Waals surface area (Å²) in [6, 6.07) is 0.318. The molecule has 0 saturated carbocycles. The number of urea groups is 1. The molecule has 0 spiro atoms. The Bertz CT molecular complexity index is 426. The molecular formula is C12H17BrN4O2.